The third kappa shape index (κ3) is 2.57. The molecule has 0 spiro atoms. The van der Waals surface area contributed by atoms with Crippen LogP contribution in [0.3, 0.4) is 0 Å². The minimum atomic E-state index is 0.782. The lowest BCUT2D eigenvalue weighted by Crippen LogP contribution is -2.02. The molecule has 0 bridgehead atoms. The lowest BCUT2D eigenvalue weighted by atomic mass is 9.96. The maximum Gasteiger partial charge on any atom is 0.143 e. The molecule has 3 aromatic rings. The summed E-state index contributed by atoms with van der Waals surface area (Å²) in [5.74, 6) is 1.61. The highest BCUT2D eigenvalue weighted by Gasteiger charge is 2.19. The third-order valence-corrected chi connectivity index (χ3v) is 4.79. The van der Waals surface area contributed by atoms with Gasteiger partial charge in [-0.15, -0.1) is 0 Å². The smallest absolute Gasteiger partial charge is 0.143 e. The summed E-state index contributed by atoms with van der Waals surface area (Å²) in [4.78, 5) is 12.3. The Morgan fingerprint density at radius 3 is 2.96 bits per heavy atom. The zero-order valence-electron chi connectivity index (χ0n) is 12.8. The van der Waals surface area contributed by atoms with Crippen molar-refractivity contribution < 1.29 is 4.74 Å². The van der Waals surface area contributed by atoms with Gasteiger partial charge >= 0.3 is 0 Å². The van der Waals surface area contributed by atoms with Gasteiger partial charge in [0.05, 0.1) is 18.2 Å². The molecule has 118 valence electrons. The van der Waals surface area contributed by atoms with Crippen molar-refractivity contribution in [3.63, 3.8) is 0 Å². The number of ether oxygens (including phenoxy) is 1. The van der Waals surface area contributed by atoms with E-state index in [1.54, 1.807) is 13.4 Å². The molecule has 23 heavy (non-hydrogen) atoms. The van der Waals surface area contributed by atoms with Crippen LogP contribution in [0, 0.1) is 0 Å². The molecule has 1 aliphatic carbocycles. The number of hydrogen-bond donors (Lipinski definition) is 2. The number of nitrogens with zero attached hydrogens (tertiary/aromatic N) is 2. The van der Waals surface area contributed by atoms with E-state index in [2.05, 4.69) is 36.2 Å². The molecule has 6 heteroatoms. The normalized spacial score (nSPS) is 13.8. The second kappa shape index (κ2) is 5.85. The minimum Gasteiger partial charge on any atom is -0.495 e. The number of methoxy groups -OCH3 is 1. The summed E-state index contributed by atoms with van der Waals surface area (Å²) in [5.41, 5.74) is 4.44. The van der Waals surface area contributed by atoms with E-state index in [1.807, 2.05) is 18.2 Å². The standard InChI is InChI=1S/C17H17BrN4O/c1-23-14-7-6-10(18)8-13(14)22-17-15-11-4-2-3-5-12(11)21-16(15)19-9-20-17/h6-9H,2-5H2,1H3,(H2,19,20,21,22). The van der Waals surface area contributed by atoms with E-state index >= 15 is 0 Å². The predicted molar refractivity (Wildman–Crippen MR) is 94.5 cm³/mol. The van der Waals surface area contributed by atoms with Crippen LogP contribution in [0.15, 0.2) is 29.0 Å². The van der Waals surface area contributed by atoms with Crippen LogP contribution in [-0.2, 0) is 12.8 Å². The van der Waals surface area contributed by atoms with Crippen LogP contribution in [0.5, 0.6) is 5.75 Å². The number of anilines is 2. The van der Waals surface area contributed by atoms with E-state index < -0.39 is 0 Å². The van der Waals surface area contributed by atoms with Gasteiger partial charge in [0.25, 0.3) is 0 Å². The molecule has 2 N–H and O–H groups in total. The van der Waals surface area contributed by atoms with Gasteiger partial charge in [-0.05, 0) is 49.4 Å². The number of fused-ring (bicyclic) bond motifs is 3. The van der Waals surface area contributed by atoms with Crippen molar-refractivity contribution in [1.29, 1.82) is 0 Å². The quantitative estimate of drug-likeness (QED) is 0.717. The lowest BCUT2D eigenvalue weighted by Gasteiger charge is -2.14. The van der Waals surface area contributed by atoms with Crippen LogP contribution in [0.2, 0.25) is 0 Å². The number of aryl methyl sites for hydroxylation is 2. The van der Waals surface area contributed by atoms with Crippen LogP contribution in [0.25, 0.3) is 11.0 Å². The highest BCUT2D eigenvalue weighted by molar-refractivity contribution is 9.10. The maximum absolute atomic E-state index is 5.44. The zero-order chi connectivity index (χ0) is 15.8. The average molecular weight is 373 g/mol. The Kier molecular flexibility index (Phi) is 3.69. The number of aromatic nitrogens is 3. The van der Waals surface area contributed by atoms with Gasteiger partial charge in [-0.1, -0.05) is 15.9 Å². The molecule has 4 rings (SSSR count). The van der Waals surface area contributed by atoms with Crippen molar-refractivity contribution in [2.45, 2.75) is 25.7 Å². The summed E-state index contributed by atoms with van der Waals surface area (Å²) >= 11 is 3.51. The van der Waals surface area contributed by atoms with Gasteiger partial charge in [-0.3, -0.25) is 0 Å². The van der Waals surface area contributed by atoms with Gasteiger partial charge in [0.15, 0.2) is 0 Å². The molecule has 2 heterocycles. The fourth-order valence-electron chi connectivity index (χ4n) is 3.23. The van der Waals surface area contributed by atoms with Gasteiger partial charge in [-0.25, -0.2) is 9.97 Å². The van der Waals surface area contributed by atoms with Crippen molar-refractivity contribution in [2.75, 3.05) is 12.4 Å². The fourth-order valence-corrected chi connectivity index (χ4v) is 3.59. The first-order valence-corrected chi connectivity index (χ1v) is 8.50. The first-order valence-electron chi connectivity index (χ1n) is 7.71. The van der Waals surface area contributed by atoms with Crippen molar-refractivity contribution in [3.8, 4) is 5.75 Å². The van der Waals surface area contributed by atoms with Crippen LogP contribution >= 0.6 is 15.9 Å². The van der Waals surface area contributed by atoms with E-state index in [4.69, 9.17) is 4.74 Å². The molecule has 0 saturated carbocycles. The van der Waals surface area contributed by atoms with Gasteiger partial charge in [-0.2, -0.15) is 0 Å². The Morgan fingerprint density at radius 2 is 2.09 bits per heavy atom. The van der Waals surface area contributed by atoms with E-state index in [1.165, 1.54) is 24.1 Å². The predicted octanol–water partition coefficient (Wildman–Crippen LogP) is 4.35. The van der Waals surface area contributed by atoms with E-state index in [-0.39, 0.29) is 0 Å². The molecule has 2 aromatic heterocycles. The van der Waals surface area contributed by atoms with Gasteiger partial charge in [0.1, 0.15) is 23.5 Å². The largest absolute Gasteiger partial charge is 0.495 e. The van der Waals surface area contributed by atoms with Crippen LogP contribution in [-0.4, -0.2) is 22.1 Å². The number of nitrogens with one attached hydrogen (secondary N) is 2. The SMILES string of the molecule is COc1ccc(Br)cc1Nc1ncnc2[nH]c3c(c12)CCCC3. The fraction of sp³-hybridized carbons (Fsp3) is 0.294. The number of benzene rings is 1. The molecule has 0 saturated heterocycles. The molecule has 0 unspecified atom stereocenters. The second-order valence-corrected chi connectivity index (χ2v) is 6.62. The second-order valence-electron chi connectivity index (χ2n) is 5.70. The van der Waals surface area contributed by atoms with E-state index in [9.17, 15) is 0 Å². The average Bonchev–Trinajstić information content (AvgIpc) is 2.94. The lowest BCUT2D eigenvalue weighted by molar-refractivity contribution is 0.416. The van der Waals surface area contributed by atoms with Gasteiger partial charge in [0, 0.05) is 10.2 Å². The molecular formula is C17H17BrN4O. The van der Waals surface area contributed by atoms with E-state index in [0.717, 1.165) is 45.6 Å². The molecular weight excluding hydrogens is 356 g/mol. The topological polar surface area (TPSA) is 62.8 Å². The Balaban J connectivity index is 1.83. The molecule has 1 aromatic carbocycles. The number of hydrogen-bond acceptors (Lipinski definition) is 4. The summed E-state index contributed by atoms with van der Waals surface area (Å²) in [6, 6.07) is 5.88. The highest BCUT2D eigenvalue weighted by atomic mass is 79.9. The highest BCUT2D eigenvalue weighted by Crippen LogP contribution is 2.35. The van der Waals surface area contributed by atoms with Crippen molar-refractivity contribution in [1.82, 2.24) is 15.0 Å². The monoisotopic (exact) mass is 372 g/mol. The molecule has 0 atom stereocenters. The Bertz CT molecular complexity index is 874. The van der Waals surface area contributed by atoms with Crippen molar-refractivity contribution in [2.24, 2.45) is 0 Å². The Labute approximate surface area is 142 Å². The summed E-state index contributed by atoms with van der Waals surface area (Å²) in [5, 5.41) is 4.52. The third-order valence-electron chi connectivity index (χ3n) is 4.30. The summed E-state index contributed by atoms with van der Waals surface area (Å²) in [6.45, 7) is 0. The maximum atomic E-state index is 5.44. The summed E-state index contributed by atoms with van der Waals surface area (Å²) < 4.78 is 6.43. The van der Waals surface area contributed by atoms with Crippen molar-refractivity contribution >= 4 is 38.5 Å². The minimum absolute atomic E-state index is 0.782. The summed E-state index contributed by atoms with van der Waals surface area (Å²) in [7, 11) is 1.67. The van der Waals surface area contributed by atoms with Crippen LogP contribution < -0.4 is 10.1 Å². The molecule has 1 aliphatic rings. The molecule has 0 amide bonds. The molecule has 0 fully saturated rings. The Morgan fingerprint density at radius 1 is 1.22 bits per heavy atom. The number of aromatic amines is 1. The first-order chi connectivity index (χ1) is 11.3. The molecule has 5 nitrogen and oxygen atoms in total. The van der Waals surface area contributed by atoms with Gasteiger partial charge < -0.3 is 15.0 Å². The first kappa shape index (κ1) is 14.5. The van der Waals surface area contributed by atoms with E-state index in [0.29, 0.717) is 0 Å². The van der Waals surface area contributed by atoms with Gasteiger partial charge in [0.2, 0.25) is 0 Å². The van der Waals surface area contributed by atoms with Crippen LogP contribution in [0.1, 0.15) is 24.1 Å². The Hall–Kier alpha value is -2.08. The summed E-state index contributed by atoms with van der Waals surface area (Å²) in [6.07, 6.45) is 6.21. The molecule has 0 radical (unpaired) electrons. The van der Waals surface area contributed by atoms with Crippen LogP contribution in [0.4, 0.5) is 11.5 Å². The van der Waals surface area contributed by atoms with Crippen molar-refractivity contribution in [3.05, 3.63) is 40.3 Å². The zero-order valence-corrected chi connectivity index (χ0v) is 14.4. The molecule has 0 aliphatic heterocycles. The number of halogens is 1. The number of rotatable bonds is 3. The number of H-pyrrole nitrogens is 1.